The van der Waals surface area contributed by atoms with Crippen LogP contribution in [0.15, 0.2) is 96.7 Å². The maximum Gasteiger partial charge on any atom is 0.199 e. The maximum atomic E-state index is 3.57. The van der Waals surface area contributed by atoms with Gasteiger partial charge in [0, 0.05) is 47.6 Å². The zero-order valence-corrected chi connectivity index (χ0v) is 26.0. The van der Waals surface area contributed by atoms with Gasteiger partial charge in [0.05, 0.1) is 0 Å². The van der Waals surface area contributed by atoms with Crippen LogP contribution >= 0.6 is 0 Å². The van der Waals surface area contributed by atoms with E-state index >= 15 is 0 Å². The molecule has 2 aliphatic rings. The van der Waals surface area contributed by atoms with Crippen LogP contribution in [-0.4, -0.2) is 54.0 Å². The molecule has 0 radical (unpaired) electrons. The summed E-state index contributed by atoms with van der Waals surface area (Å²) in [7, 11) is 0. The molecule has 4 rings (SSSR count). The molecule has 0 fully saturated rings. The summed E-state index contributed by atoms with van der Waals surface area (Å²) >= 11 is 0. The minimum absolute atomic E-state index is 0.283. The molecule has 0 aromatic heterocycles. The summed E-state index contributed by atoms with van der Waals surface area (Å²) in [5, 5.41) is 6.22. The van der Waals surface area contributed by atoms with Crippen LogP contribution in [0.25, 0.3) is 10.8 Å². The highest BCUT2D eigenvalue weighted by molar-refractivity contribution is 6.01. The number of fused-ring (bicyclic) bond motifs is 1. The molecular weight excluding hydrogens is 486 g/mol. The van der Waals surface area contributed by atoms with Gasteiger partial charge >= 0.3 is 0 Å². The Bertz CT molecular complexity index is 1240. The van der Waals surface area contributed by atoms with E-state index in [-0.39, 0.29) is 5.92 Å². The lowest BCUT2D eigenvalue weighted by molar-refractivity contribution is -0.519. The summed E-state index contributed by atoms with van der Waals surface area (Å²) in [6.07, 6.45) is 22.0. The Kier molecular flexibility index (Phi) is 12.7. The molecule has 0 bridgehead atoms. The predicted molar refractivity (Wildman–Crippen MR) is 178 cm³/mol. The molecule has 40 heavy (non-hydrogen) atoms. The van der Waals surface area contributed by atoms with Gasteiger partial charge in [0.25, 0.3) is 0 Å². The van der Waals surface area contributed by atoms with Crippen molar-refractivity contribution < 1.29 is 4.58 Å². The molecule has 0 spiro atoms. The van der Waals surface area contributed by atoms with Gasteiger partial charge in [-0.2, -0.15) is 0 Å². The van der Waals surface area contributed by atoms with E-state index in [2.05, 4.69) is 128 Å². The average molecular weight is 539 g/mol. The van der Waals surface area contributed by atoms with Crippen LogP contribution in [0.2, 0.25) is 0 Å². The maximum absolute atomic E-state index is 3.57. The Morgan fingerprint density at radius 3 is 2.02 bits per heavy atom. The van der Waals surface area contributed by atoms with Crippen molar-refractivity contribution in [1.82, 2.24) is 4.90 Å². The lowest BCUT2D eigenvalue weighted by Gasteiger charge is -2.32. The lowest BCUT2D eigenvalue weighted by atomic mass is 9.75. The molecule has 2 unspecified atom stereocenters. The molecule has 3 nitrogen and oxygen atoms in total. The van der Waals surface area contributed by atoms with Gasteiger partial charge in [-0.3, -0.25) is 4.90 Å². The molecule has 2 aromatic rings. The smallest absolute Gasteiger partial charge is 0.199 e. The second-order valence-corrected chi connectivity index (χ2v) is 10.4. The Hall–Kier alpha value is -3.17. The van der Waals surface area contributed by atoms with E-state index in [9.17, 15) is 0 Å². The number of hydrogen-bond acceptors (Lipinski definition) is 2. The minimum Gasteiger partial charge on any atom is -0.385 e. The number of hydrogen-bond donors (Lipinski definition) is 1. The first kappa shape index (κ1) is 31.4. The van der Waals surface area contributed by atoms with Gasteiger partial charge in [0.1, 0.15) is 13.1 Å². The largest absolute Gasteiger partial charge is 0.385 e. The molecule has 2 aliphatic carbocycles. The molecular formula is C37H52N3+. The van der Waals surface area contributed by atoms with Gasteiger partial charge in [-0.25, -0.2) is 4.58 Å². The second-order valence-electron chi connectivity index (χ2n) is 10.4. The van der Waals surface area contributed by atoms with Gasteiger partial charge in [-0.1, -0.05) is 86.7 Å². The van der Waals surface area contributed by atoms with Gasteiger partial charge in [0.2, 0.25) is 0 Å². The van der Waals surface area contributed by atoms with Crippen LogP contribution < -0.4 is 5.32 Å². The SMILES string of the molecule is C/C=C\C.CCNc1ccc(C(C2=CCC(N(CC)CC)C=C2)C2C=CC(=[N+](CC)CC)C=C2)c2ccccc12. The van der Waals surface area contributed by atoms with E-state index in [4.69, 9.17) is 0 Å². The van der Waals surface area contributed by atoms with Crippen molar-refractivity contribution in [3.8, 4) is 0 Å². The van der Waals surface area contributed by atoms with Crippen LogP contribution in [0.5, 0.6) is 0 Å². The first-order valence-electron chi connectivity index (χ1n) is 15.5. The van der Waals surface area contributed by atoms with Gasteiger partial charge in [0.15, 0.2) is 5.71 Å². The monoisotopic (exact) mass is 538 g/mol. The van der Waals surface area contributed by atoms with Crippen LogP contribution in [-0.2, 0) is 0 Å². The van der Waals surface area contributed by atoms with Crippen LogP contribution in [0.4, 0.5) is 5.69 Å². The van der Waals surface area contributed by atoms with E-state index in [1.54, 1.807) is 0 Å². The van der Waals surface area contributed by atoms with Gasteiger partial charge in [-0.15, -0.1) is 0 Å². The molecule has 0 saturated heterocycles. The van der Waals surface area contributed by atoms with E-state index in [1.807, 2.05) is 26.0 Å². The molecule has 0 aliphatic heterocycles. The van der Waals surface area contributed by atoms with Gasteiger partial charge < -0.3 is 5.32 Å². The van der Waals surface area contributed by atoms with E-state index in [1.165, 1.54) is 33.3 Å². The summed E-state index contributed by atoms with van der Waals surface area (Å²) in [5.41, 5.74) is 5.38. The highest BCUT2D eigenvalue weighted by Gasteiger charge is 2.28. The van der Waals surface area contributed by atoms with Crippen molar-refractivity contribution in [2.24, 2.45) is 5.92 Å². The van der Waals surface area contributed by atoms with Crippen LogP contribution in [0.1, 0.15) is 66.4 Å². The third kappa shape index (κ3) is 7.52. The number of allylic oxidation sites excluding steroid dienone is 8. The normalized spacial score (nSPS) is 19.1. The lowest BCUT2D eigenvalue weighted by Crippen LogP contribution is -2.34. The second kappa shape index (κ2) is 16.2. The number of anilines is 1. The fraction of sp³-hybridized carbons (Fsp3) is 0.432. The Morgan fingerprint density at radius 2 is 1.50 bits per heavy atom. The highest BCUT2D eigenvalue weighted by atomic mass is 15.1. The standard InChI is InChI=1S/C33H44N3.C4H8/c1-6-34-32-24-23-31(29-13-11-12-14-30(29)32)33(25-15-19-27(20-16-25)35(7-2)8-3)26-17-21-28(22-18-26)36(9-4)10-5;1-3-4-2/h11-21,23-25,28,33-34H,6-10,22H2,1-5H3;3-4H,1-2H3/q+1;/b;4-3-. The predicted octanol–water partition coefficient (Wildman–Crippen LogP) is 8.77. The van der Waals surface area contributed by atoms with Crippen molar-refractivity contribution in [2.45, 2.75) is 66.8 Å². The zero-order valence-electron chi connectivity index (χ0n) is 26.0. The Labute approximate surface area is 244 Å². The summed E-state index contributed by atoms with van der Waals surface area (Å²) in [6, 6.07) is 14.0. The zero-order chi connectivity index (χ0) is 28.9. The number of nitrogens with one attached hydrogen (secondary N) is 1. The fourth-order valence-corrected chi connectivity index (χ4v) is 5.93. The summed E-state index contributed by atoms with van der Waals surface area (Å²) < 4.78 is 2.42. The topological polar surface area (TPSA) is 18.3 Å². The summed E-state index contributed by atoms with van der Waals surface area (Å²) in [5.74, 6) is 0.601. The molecule has 0 amide bonds. The number of benzene rings is 2. The number of rotatable bonds is 10. The van der Waals surface area contributed by atoms with Crippen LogP contribution in [0.3, 0.4) is 0 Å². The molecule has 0 saturated carbocycles. The van der Waals surface area contributed by atoms with Crippen molar-refractivity contribution in [3.63, 3.8) is 0 Å². The van der Waals surface area contributed by atoms with Crippen LogP contribution in [0, 0.1) is 5.92 Å². The number of likely N-dealkylation sites (N-methyl/N-ethyl adjacent to an activating group) is 1. The van der Waals surface area contributed by atoms with Gasteiger partial charge in [-0.05, 0) is 76.7 Å². The number of nitrogens with zero attached hydrogens (tertiary/aromatic N) is 2. The van der Waals surface area contributed by atoms with E-state index in [0.29, 0.717) is 12.0 Å². The summed E-state index contributed by atoms with van der Waals surface area (Å²) in [6.45, 7) is 20.3. The molecule has 3 heteroatoms. The molecule has 2 aromatic carbocycles. The first-order chi connectivity index (χ1) is 19.6. The summed E-state index contributed by atoms with van der Waals surface area (Å²) in [4.78, 5) is 2.55. The molecule has 0 heterocycles. The first-order valence-corrected chi connectivity index (χ1v) is 15.5. The quantitative estimate of drug-likeness (QED) is 0.241. The average Bonchev–Trinajstić information content (AvgIpc) is 3.01. The molecule has 214 valence electrons. The molecule has 2 atom stereocenters. The van der Waals surface area contributed by atoms with E-state index in [0.717, 1.165) is 39.1 Å². The third-order valence-electron chi connectivity index (χ3n) is 8.23. The molecule has 1 N–H and O–H groups in total. The Balaban J connectivity index is 0.00000103. The minimum atomic E-state index is 0.283. The van der Waals surface area contributed by atoms with E-state index < -0.39 is 0 Å². The van der Waals surface area contributed by atoms with Crippen molar-refractivity contribution in [3.05, 3.63) is 102 Å². The van der Waals surface area contributed by atoms with Crippen molar-refractivity contribution in [2.75, 3.05) is 38.0 Å². The fourth-order valence-electron chi connectivity index (χ4n) is 5.93. The third-order valence-corrected chi connectivity index (χ3v) is 8.23. The Morgan fingerprint density at radius 1 is 0.850 bits per heavy atom. The van der Waals surface area contributed by atoms with Crippen molar-refractivity contribution >= 4 is 22.2 Å². The van der Waals surface area contributed by atoms with Crippen molar-refractivity contribution in [1.29, 1.82) is 0 Å². The highest BCUT2D eigenvalue weighted by Crippen LogP contribution is 2.42.